The van der Waals surface area contributed by atoms with Gasteiger partial charge in [-0.1, -0.05) is 0 Å². The van der Waals surface area contributed by atoms with E-state index in [0.29, 0.717) is 15.5 Å². The predicted octanol–water partition coefficient (Wildman–Crippen LogP) is 2.29. The first-order valence-electron chi connectivity index (χ1n) is 7.08. The summed E-state index contributed by atoms with van der Waals surface area (Å²) in [5.41, 5.74) is 0.230. The SMILES string of the molecule is CNC(=O)c1c(C)sc2nc(Cc3cc(F)ccc3F)cc(=O)n12. The van der Waals surface area contributed by atoms with Gasteiger partial charge in [0.05, 0.1) is 5.69 Å². The molecule has 124 valence electrons. The van der Waals surface area contributed by atoms with Crippen molar-refractivity contribution in [2.75, 3.05) is 7.05 Å². The van der Waals surface area contributed by atoms with E-state index in [1.54, 1.807) is 6.92 Å². The molecule has 0 saturated heterocycles. The number of halogens is 2. The Balaban J connectivity index is 2.11. The van der Waals surface area contributed by atoms with Crippen molar-refractivity contribution in [1.29, 1.82) is 0 Å². The van der Waals surface area contributed by atoms with Crippen LogP contribution in [0.5, 0.6) is 0 Å². The van der Waals surface area contributed by atoms with Gasteiger partial charge in [-0.2, -0.15) is 0 Å². The first kappa shape index (κ1) is 16.3. The van der Waals surface area contributed by atoms with Crippen LogP contribution in [0.2, 0.25) is 0 Å². The lowest BCUT2D eigenvalue weighted by Crippen LogP contribution is -2.25. The topological polar surface area (TPSA) is 63.5 Å². The molecule has 0 fully saturated rings. The summed E-state index contributed by atoms with van der Waals surface area (Å²) in [7, 11) is 1.48. The summed E-state index contributed by atoms with van der Waals surface area (Å²) in [5, 5.41) is 2.48. The fourth-order valence-corrected chi connectivity index (χ4v) is 3.46. The smallest absolute Gasteiger partial charge is 0.269 e. The van der Waals surface area contributed by atoms with Crippen LogP contribution in [0.1, 0.15) is 26.6 Å². The normalized spacial score (nSPS) is 11.0. The lowest BCUT2D eigenvalue weighted by Gasteiger charge is -2.05. The molecule has 1 N–H and O–H groups in total. The zero-order valence-electron chi connectivity index (χ0n) is 12.9. The van der Waals surface area contributed by atoms with E-state index in [1.807, 2.05) is 0 Å². The summed E-state index contributed by atoms with van der Waals surface area (Å²) in [4.78, 5) is 29.6. The number of carbonyl (C=O) groups is 1. The van der Waals surface area contributed by atoms with Crippen LogP contribution in [-0.2, 0) is 6.42 Å². The highest BCUT2D eigenvalue weighted by atomic mass is 32.1. The highest BCUT2D eigenvalue weighted by Gasteiger charge is 2.18. The number of thiazole rings is 1. The van der Waals surface area contributed by atoms with Crippen LogP contribution in [0.4, 0.5) is 8.78 Å². The van der Waals surface area contributed by atoms with Crippen molar-refractivity contribution in [3.05, 3.63) is 68.1 Å². The van der Waals surface area contributed by atoms with Crippen LogP contribution in [0.15, 0.2) is 29.1 Å². The molecular formula is C16H13F2N3O2S. The van der Waals surface area contributed by atoms with Crippen LogP contribution in [0, 0.1) is 18.6 Å². The molecule has 0 bridgehead atoms. The van der Waals surface area contributed by atoms with Crippen LogP contribution in [0.25, 0.3) is 4.96 Å². The first-order chi connectivity index (χ1) is 11.4. The summed E-state index contributed by atoms with van der Waals surface area (Å²) in [5.74, 6) is -1.50. The maximum Gasteiger partial charge on any atom is 0.269 e. The largest absolute Gasteiger partial charge is 0.354 e. The molecule has 2 heterocycles. The molecule has 0 unspecified atom stereocenters. The summed E-state index contributed by atoms with van der Waals surface area (Å²) < 4.78 is 28.3. The number of aromatic nitrogens is 2. The Morgan fingerprint density at radius 2 is 2.08 bits per heavy atom. The molecule has 3 aromatic rings. The van der Waals surface area contributed by atoms with Gasteiger partial charge < -0.3 is 5.32 Å². The zero-order chi connectivity index (χ0) is 17.4. The number of amides is 1. The number of nitrogens with zero attached hydrogens (tertiary/aromatic N) is 2. The fourth-order valence-electron chi connectivity index (χ4n) is 2.47. The minimum Gasteiger partial charge on any atom is -0.354 e. The minimum absolute atomic E-state index is 0.0123. The van der Waals surface area contributed by atoms with Gasteiger partial charge in [0.25, 0.3) is 11.5 Å². The summed E-state index contributed by atoms with van der Waals surface area (Å²) in [6, 6.07) is 4.38. The highest BCUT2D eigenvalue weighted by molar-refractivity contribution is 7.17. The van der Waals surface area contributed by atoms with Crippen molar-refractivity contribution in [2.45, 2.75) is 13.3 Å². The number of hydrogen-bond donors (Lipinski definition) is 1. The Hall–Kier alpha value is -2.61. The molecule has 0 saturated carbocycles. The number of fused-ring (bicyclic) bond motifs is 1. The van der Waals surface area contributed by atoms with Crippen LogP contribution in [-0.4, -0.2) is 22.3 Å². The molecule has 0 spiro atoms. The Bertz CT molecular complexity index is 1010. The fraction of sp³-hybridized carbons (Fsp3) is 0.188. The lowest BCUT2D eigenvalue weighted by atomic mass is 10.1. The Morgan fingerprint density at radius 1 is 1.33 bits per heavy atom. The molecule has 24 heavy (non-hydrogen) atoms. The minimum atomic E-state index is -0.563. The number of nitrogens with one attached hydrogen (secondary N) is 1. The molecule has 5 nitrogen and oxygen atoms in total. The predicted molar refractivity (Wildman–Crippen MR) is 86.6 cm³/mol. The van der Waals surface area contributed by atoms with Crippen molar-refractivity contribution in [3.63, 3.8) is 0 Å². The van der Waals surface area contributed by atoms with E-state index in [-0.39, 0.29) is 23.6 Å². The molecule has 0 radical (unpaired) electrons. The Kier molecular flexibility index (Phi) is 4.15. The van der Waals surface area contributed by atoms with E-state index in [0.717, 1.165) is 18.2 Å². The van der Waals surface area contributed by atoms with E-state index in [2.05, 4.69) is 10.3 Å². The van der Waals surface area contributed by atoms with Gasteiger partial charge in [0.2, 0.25) is 0 Å². The van der Waals surface area contributed by atoms with E-state index < -0.39 is 17.2 Å². The highest BCUT2D eigenvalue weighted by Crippen LogP contribution is 2.21. The second kappa shape index (κ2) is 6.12. The van der Waals surface area contributed by atoms with Gasteiger partial charge in [0.15, 0.2) is 4.96 Å². The standard InChI is InChI=1S/C16H13F2N3O2S/c1-8-14(15(23)19-2)21-13(22)7-11(20-16(21)24-8)6-9-5-10(17)3-4-12(9)18/h3-5,7H,6H2,1-2H3,(H,19,23). The monoisotopic (exact) mass is 349 g/mol. The molecule has 1 amide bonds. The molecule has 0 aliphatic carbocycles. The Morgan fingerprint density at radius 3 is 2.79 bits per heavy atom. The zero-order valence-corrected chi connectivity index (χ0v) is 13.7. The number of carbonyl (C=O) groups excluding carboxylic acids is 1. The van der Waals surface area contributed by atoms with E-state index in [4.69, 9.17) is 0 Å². The average molecular weight is 349 g/mol. The molecule has 0 aliphatic heterocycles. The average Bonchev–Trinajstić information content (AvgIpc) is 2.86. The van der Waals surface area contributed by atoms with Crippen molar-refractivity contribution in [1.82, 2.24) is 14.7 Å². The first-order valence-corrected chi connectivity index (χ1v) is 7.90. The van der Waals surface area contributed by atoms with Crippen LogP contribution < -0.4 is 10.9 Å². The lowest BCUT2D eigenvalue weighted by molar-refractivity contribution is 0.0956. The van der Waals surface area contributed by atoms with Gasteiger partial charge in [-0.25, -0.2) is 18.2 Å². The van der Waals surface area contributed by atoms with Gasteiger partial charge in [0, 0.05) is 24.4 Å². The molecule has 0 atom stereocenters. The van der Waals surface area contributed by atoms with Gasteiger partial charge in [-0.15, -0.1) is 11.3 Å². The molecule has 0 aliphatic rings. The van der Waals surface area contributed by atoms with E-state index in [1.165, 1.54) is 28.9 Å². The number of aryl methyl sites for hydroxylation is 1. The quantitative estimate of drug-likeness (QED) is 0.789. The second-order valence-corrected chi connectivity index (χ2v) is 6.38. The number of hydrogen-bond acceptors (Lipinski definition) is 4. The molecule has 1 aromatic carbocycles. The van der Waals surface area contributed by atoms with Crippen molar-refractivity contribution < 1.29 is 13.6 Å². The maximum atomic E-state index is 13.8. The maximum absolute atomic E-state index is 13.8. The summed E-state index contributed by atoms with van der Waals surface area (Å²) >= 11 is 1.19. The van der Waals surface area contributed by atoms with Gasteiger partial charge in [0.1, 0.15) is 17.3 Å². The third-order valence-corrected chi connectivity index (χ3v) is 4.52. The van der Waals surface area contributed by atoms with Crippen LogP contribution >= 0.6 is 11.3 Å². The van der Waals surface area contributed by atoms with Gasteiger partial charge in [-0.05, 0) is 30.7 Å². The van der Waals surface area contributed by atoms with Gasteiger partial charge in [-0.3, -0.25) is 9.59 Å². The van der Waals surface area contributed by atoms with Crippen molar-refractivity contribution >= 4 is 22.2 Å². The summed E-state index contributed by atoms with van der Waals surface area (Å²) in [6.45, 7) is 1.72. The summed E-state index contributed by atoms with van der Waals surface area (Å²) in [6.07, 6.45) is -0.0123. The molecule has 3 rings (SSSR count). The second-order valence-electron chi connectivity index (χ2n) is 5.20. The van der Waals surface area contributed by atoms with Crippen LogP contribution in [0.3, 0.4) is 0 Å². The molecule has 8 heteroatoms. The Labute approximate surface area is 139 Å². The third kappa shape index (κ3) is 2.80. The van der Waals surface area contributed by atoms with Gasteiger partial charge >= 0.3 is 0 Å². The van der Waals surface area contributed by atoms with E-state index in [9.17, 15) is 18.4 Å². The van der Waals surface area contributed by atoms with Crippen molar-refractivity contribution in [2.24, 2.45) is 0 Å². The molecular weight excluding hydrogens is 336 g/mol. The third-order valence-electron chi connectivity index (χ3n) is 3.56. The van der Waals surface area contributed by atoms with E-state index >= 15 is 0 Å². The van der Waals surface area contributed by atoms with Crippen molar-refractivity contribution in [3.8, 4) is 0 Å². The molecule has 2 aromatic heterocycles. The number of rotatable bonds is 3. The number of benzene rings is 1.